The van der Waals surface area contributed by atoms with E-state index in [2.05, 4.69) is 10.3 Å². The molecule has 0 spiro atoms. The first kappa shape index (κ1) is 13.5. The van der Waals surface area contributed by atoms with Crippen molar-refractivity contribution in [2.45, 2.75) is 32.2 Å². The van der Waals surface area contributed by atoms with Crippen LogP contribution in [0.5, 0.6) is 0 Å². The van der Waals surface area contributed by atoms with Crippen molar-refractivity contribution in [2.75, 3.05) is 5.32 Å². The number of amides is 1. The topological polar surface area (TPSA) is 68.0 Å². The molecule has 0 bridgehead atoms. The van der Waals surface area contributed by atoms with Crippen molar-refractivity contribution >= 4 is 22.5 Å². The SMILES string of the molecule is CCC(N)(CC)C(=O)Nc1cccc2cccnc12. The predicted molar refractivity (Wildman–Crippen MR) is 77.9 cm³/mol. The van der Waals surface area contributed by atoms with Gasteiger partial charge in [-0.1, -0.05) is 32.0 Å². The number of carbonyl (C=O) groups excluding carboxylic acids is 1. The number of nitrogens with one attached hydrogen (secondary N) is 1. The molecule has 1 aromatic heterocycles. The lowest BCUT2D eigenvalue weighted by molar-refractivity contribution is -0.121. The summed E-state index contributed by atoms with van der Waals surface area (Å²) in [7, 11) is 0. The molecule has 0 atom stereocenters. The van der Waals surface area contributed by atoms with Gasteiger partial charge >= 0.3 is 0 Å². The zero-order chi connectivity index (χ0) is 13.9. The molecule has 0 unspecified atom stereocenters. The highest BCUT2D eigenvalue weighted by molar-refractivity contribution is 6.03. The molecule has 3 N–H and O–H groups in total. The Labute approximate surface area is 113 Å². The minimum Gasteiger partial charge on any atom is -0.323 e. The number of anilines is 1. The highest BCUT2D eigenvalue weighted by Gasteiger charge is 2.30. The molecule has 4 nitrogen and oxygen atoms in total. The molecule has 0 aliphatic carbocycles. The van der Waals surface area contributed by atoms with E-state index in [0.29, 0.717) is 18.5 Å². The summed E-state index contributed by atoms with van der Waals surface area (Å²) < 4.78 is 0. The zero-order valence-electron chi connectivity index (χ0n) is 11.3. The van der Waals surface area contributed by atoms with Crippen LogP contribution >= 0.6 is 0 Å². The van der Waals surface area contributed by atoms with Gasteiger partial charge in [0.05, 0.1) is 16.7 Å². The van der Waals surface area contributed by atoms with E-state index in [4.69, 9.17) is 5.73 Å². The molecule has 0 saturated carbocycles. The number of rotatable bonds is 4. The van der Waals surface area contributed by atoms with Crippen molar-refractivity contribution < 1.29 is 4.79 Å². The number of hydrogen-bond donors (Lipinski definition) is 2. The maximum atomic E-state index is 12.3. The minimum atomic E-state index is -0.822. The number of para-hydroxylation sites is 1. The summed E-state index contributed by atoms with van der Waals surface area (Å²) in [6.07, 6.45) is 2.92. The lowest BCUT2D eigenvalue weighted by atomic mass is 9.93. The normalized spacial score (nSPS) is 11.5. The Morgan fingerprint density at radius 1 is 1.26 bits per heavy atom. The quantitative estimate of drug-likeness (QED) is 0.884. The summed E-state index contributed by atoms with van der Waals surface area (Å²) in [5.74, 6) is -0.157. The number of fused-ring (bicyclic) bond motifs is 1. The second kappa shape index (κ2) is 5.36. The molecule has 4 heteroatoms. The van der Waals surface area contributed by atoms with Crippen LogP contribution in [0.1, 0.15) is 26.7 Å². The maximum Gasteiger partial charge on any atom is 0.244 e. The van der Waals surface area contributed by atoms with Gasteiger partial charge in [0.2, 0.25) is 5.91 Å². The van der Waals surface area contributed by atoms with Crippen LogP contribution in [0, 0.1) is 0 Å². The summed E-state index contributed by atoms with van der Waals surface area (Å²) in [4.78, 5) is 16.6. The molecule has 1 heterocycles. The molecule has 0 radical (unpaired) electrons. The average molecular weight is 257 g/mol. The Hall–Kier alpha value is -1.94. The molecular formula is C15H19N3O. The third-order valence-corrected chi connectivity index (χ3v) is 3.59. The molecule has 100 valence electrons. The van der Waals surface area contributed by atoms with Gasteiger partial charge in [0, 0.05) is 11.6 Å². The van der Waals surface area contributed by atoms with Crippen molar-refractivity contribution in [1.29, 1.82) is 0 Å². The van der Waals surface area contributed by atoms with E-state index >= 15 is 0 Å². The Balaban J connectivity index is 2.34. The van der Waals surface area contributed by atoms with Crippen LogP contribution in [-0.2, 0) is 4.79 Å². The van der Waals surface area contributed by atoms with E-state index in [-0.39, 0.29) is 5.91 Å². The summed E-state index contributed by atoms with van der Waals surface area (Å²) in [6.45, 7) is 3.84. The average Bonchev–Trinajstić information content (AvgIpc) is 2.46. The molecule has 19 heavy (non-hydrogen) atoms. The molecule has 2 rings (SSSR count). The number of pyridine rings is 1. The van der Waals surface area contributed by atoms with Crippen molar-refractivity contribution in [2.24, 2.45) is 5.73 Å². The van der Waals surface area contributed by atoms with Crippen molar-refractivity contribution in [3.05, 3.63) is 36.5 Å². The Kier molecular flexibility index (Phi) is 3.81. The van der Waals surface area contributed by atoms with Gasteiger partial charge in [-0.25, -0.2) is 0 Å². The summed E-state index contributed by atoms with van der Waals surface area (Å²) in [5.41, 5.74) is 6.77. The largest absolute Gasteiger partial charge is 0.323 e. The monoisotopic (exact) mass is 257 g/mol. The molecular weight excluding hydrogens is 238 g/mol. The fourth-order valence-electron chi connectivity index (χ4n) is 2.02. The van der Waals surface area contributed by atoms with Crippen LogP contribution in [0.15, 0.2) is 36.5 Å². The predicted octanol–water partition coefficient (Wildman–Crippen LogP) is 2.69. The summed E-state index contributed by atoms with van der Waals surface area (Å²) in [5, 5.41) is 3.90. The van der Waals surface area contributed by atoms with E-state index in [0.717, 1.165) is 10.9 Å². The van der Waals surface area contributed by atoms with Crippen molar-refractivity contribution in [3.63, 3.8) is 0 Å². The lowest BCUT2D eigenvalue weighted by Crippen LogP contribution is -2.50. The van der Waals surface area contributed by atoms with Crippen molar-refractivity contribution in [1.82, 2.24) is 4.98 Å². The first-order chi connectivity index (χ1) is 9.10. The number of nitrogens with two attached hydrogens (primary N) is 1. The fourth-order valence-corrected chi connectivity index (χ4v) is 2.02. The van der Waals surface area contributed by atoms with Gasteiger partial charge in [-0.15, -0.1) is 0 Å². The molecule has 2 aromatic rings. The van der Waals surface area contributed by atoms with Crippen LogP contribution in [0.25, 0.3) is 10.9 Å². The third kappa shape index (κ3) is 2.58. The van der Waals surface area contributed by atoms with Crippen LogP contribution in [0.2, 0.25) is 0 Å². The van der Waals surface area contributed by atoms with Gasteiger partial charge in [-0.3, -0.25) is 9.78 Å². The van der Waals surface area contributed by atoms with Crippen LogP contribution in [0.3, 0.4) is 0 Å². The highest BCUT2D eigenvalue weighted by atomic mass is 16.2. The molecule has 0 saturated heterocycles. The van der Waals surface area contributed by atoms with E-state index in [1.807, 2.05) is 44.2 Å². The van der Waals surface area contributed by atoms with E-state index in [9.17, 15) is 4.79 Å². The molecule has 0 aliphatic rings. The number of aromatic nitrogens is 1. The number of hydrogen-bond acceptors (Lipinski definition) is 3. The second-order valence-corrected chi connectivity index (χ2v) is 4.70. The molecule has 0 aliphatic heterocycles. The van der Waals surface area contributed by atoms with Crippen LogP contribution in [0.4, 0.5) is 5.69 Å². The smallest absolute Gasteiger partial charge is 0.244 e. The fraction of sp³-hybridized carbons (Fsp3) is 0.333. The number of nitrogens with zero attached hydrogens (tertiary/aromatic N) is 1. The molecule has 0 fully saturated rings. The van der Waals surface area contributed by atoms with Gasteiger partial charge < -0.3 is 11.1 Å². The van der Waals surface area contributed by atoms with Crippen molar-refractivity contribution in [3.8, 4) is 0 Å². The van der Waals surface area contributed by atoms with Crippen LogP contribution < -0.4 is 11.1 Å². The van der Waals surface area contributed by atoms with E-state index in [1.165, 1.54) is 0 Å². The minimum absolute atomic E-state index is 0.157. The number of benzene rings is 1. The first-order valence-electron chi connectivity index (χ1n) is 6.55. The standard InChI is InChI=1S/C15H19N3O/c1-3-15(16,4-2)14(19)18-12-9-5-7-11-8-6-10-17-13(11)12/h5-10H,3-4,16H2,1-2H3,(H,18,19). The Morgan fingerprint density at radius 3 is 2.63 bits per heavy atom. The summed E-state index contributed by atoms with van der Waals surface area (Å²) in [6, 6.07) is 9.55. The third-order valence-electron chi connectivity index (χ3n) is 3.59. The summed E-state index contributed by atoms with van der Waals surface area (Å²) >= 11 is 0. The molecule has 1 aromatic carbocycles. The van der Waals surface area contributed by atoms with Gasteiger partial charge in [0.15, 0.2) is 0 Å². The number of carbonyl (C=O) groups is 1. The zero-order valence-corrected chi connectivity index (χ0v) is 11.3. The Bertz CT molecular complexity index is 585. The van der Waals surface area contributed by atoms with Gasteiger partial charge in [0.25, 0.3) is 0 Å². The Morgan fingerprint density at radius 2 is 1.95 bits per heavy atom. The first-order valence-corrected chi connectivity index (χ1v) is 6.55. The van der Waals surface area contributed by atoms with Crippen LogP contribution in [-0.4, -0.2) is 16.4 Å². The van der Waals surface area contributed by atoms with Gasteiger partial charge in [-0.05, 0) is 25.0 Å². The van der Waals surface area contributed by atoms with Gasteiger partial charge in [0.1, 0.15) is 0 Å². The second-order valence-electron chi connectivity index (χ2n) is 4.70. The lowest BCUT2D eigenvalue weighted by Gasteiger charge is -2.25. The van der Waals surface area contributed by atoms with Gasteiger partial charge in [-0.2, -0.15) is 0 Å². The molecule has 1 amide bonds. The van der Waals surface area contributed by atoms with E-state index < -0.39 is 5.54 Å². The maximum absolute atomic E-state index is 12.3. The van der Waals surface area contributed by atoms with E-state index in [1.54, 1.807) is 6.20 Å². The highest BCUT2D eigenvalue weighted by Crippen LogP contribution is 2.22.